The summed E-state index contributed by atoms with van der Waals surface area (Å²) in [5.41, 5.74) is 8.43. The largest absolute Gasteiger partial charge is 0.330 e. The highest BCUT2D eigenvalue weighted by Gasteiger charge is 2.23. The summed E-state index contributed by atoms with van der Waals surface area (Å²) >= 11 is 0. The average Bonchev–Trinajstić information content (AvgIpc) is 2.98. The van der Waals surface area contributed by atoms with E-state index in [4.69, 9.17) is 5.73 Å². The van der Waals surface area contributed by atoms with Gasteiger partial charge in [0, 0.05) is 17.8 Å². The number of hydrogen-bond acceptors (Lipinski definition) is 4. The number of fused-ring (bicyclic) bond motifs is 1. The predicted octanol–water partition coefficient (Wildman–Crippen LogP) is 2.59. The maximum Gasteiger partial charge on any atom is 0.146 e. The molecule has 21 heavy (non-hydrogen) atoms. The molecule has 2 N–H and O–H groups in total. The van der Waals surface area contributed by atoms with E-state index in [2.05, 4.69) is 9.97 Å². The summed E-state index contributed by atoms with van der Waals surface area (Å²) in [6, 6.07) is 6.81. The van der Waals surface area contributed by atoms with Gasteiger partial charge in [-0.2, -0.15) is 0 Å². The Bertz CT molecular complexity index is 629. The maximum absolute atomic E-state index is 14.2. The van der Waals surface area contributed by atoms with Gasteiger partial charge >= 0.3 is 0 Å². The van der Waals surface area contributed by atoms with Gasteiger partial charge in [0.1, 0.15) is 18.0 Å². The van der Waals surface area contributed by atoms with E-state index in [1.165, 1.54) is 6.07 Å². The van der Waals surface area contributed by atoms with Crippen LogP contribution in [-0.4, -0.2) is 23.1 Å². The number of aryl methyl sites for hydroxylation is 1. The highest BCUT2D eigenvalue weighted by molar-refractivity contribution is 5.64. The lowest BCUT2D eigenvalue weighted by molar-refractivity contribution is 0.622. The van der Waals surface area contributed by atoms with Gasteiger partial charge in [-0.25, -0.2) is 14.4 Å². The molecule has 110 valence electrons. The van der Waals surface area contributed by atoms with Crippen LogP contribution in [0.1, 0.15) is 24.1 Å². The summed E-state index contributed by atoms with van der Waals surface area (Å²) in [7, 11) is 0. The standard InChI is InChI=1S/C16H19FN4/c17-13-6-1-2-8-15(13)21(10-4-9-18)16-12-5-3-7-14(12)19-11-20-16/h1-2,6,8,11H,3-5,7,9-10,18H2. The molecule has 2 aromatic rings. The van der Waals surface area contributed by atoms with Gasteiger partial charge in [0.2, 0.25) is 0 Å². The molecule has 0 bridgehead atoms. The molecule has 0 amide bonds. The number of nitrogens with two attached hydrogens (primary N) is 1. The van der Waals surface area contributed by atoms with Gasteiger partial charge in [0.25, 0.3) is 0 Å². The van der Waals surface area contributed by atoms with Crippen molar-refractivity contribution in [3.05, 3.63) is 47.7 Å². The third-order valence-electron chi connectivity index (χ3n) is 3.84. The Balaban J connectivity index is 2.04. The maximum atomic E-state index is 14.2. The van der Waals surface area contributed by atoms with E-state index in [9.17, 15) is 4.39 Å². The number of para-hydroxylation sites is 1. The molecule has 0 aliphatic heterocycles. The van der Waals surface area contributed by atoms with Crippen molar-refractivity contribution >= 4 is 11.5 Å². The molecule has 0 unspecified atom stereocenters. The quantitative estimate of drug-likeness (QED) is 0.918. The van der Waals surface area contributed by atoms with E-state index >= 15 is 0 Å². The number of anilines is 2. The van der Waals surface area contributed by atoms with Crippen LogP contribution in [0.25, 0.3) is 0 Å². The number of aromatic nitrogens is 2. The zero-order chi connectivity index (χ0) is 14.7. The van der Waals surface area contributed by atoms with E-state index in [0.717, 1.165) is 42.8 Å². The summed E-state index contributed by atoms with van der Waals surface area (Å²) in [6.45, 7) is 1.22. The third-order valence-corrected chi connectivity index (χ3v) is 3.84. The van der Waals surface area contributed by atoms with Crippen molar-refractivity contribution < 1.29 is 4.39 Å². The molecule has 0 saturated carbocycles. The normalized spacial score (nSPS) is 13.2. The van der Waals surface area contributed by atoms with E-state index in [0.29, 0.717) is 18.8 Å². The highest BCUT2D eigenvalue weighted by Crippen LogP contribution is 2.33. The third kappa shape index (κ3) is 2.74. The zero-order valence-corrected chi connectivity index (χ0v) is 11.9. The van der Waals surface area contributed by atoms with Crippen molar-refractivity contribution in [1.29, 1.82) is 0 Å². The monoisotopic (exact) mass is 286 g/mol. The first kappa shape index (κ1) is 13.9. The van der Waals surface area contributed by atoms with Crippen LogP contribution in [0.5, 0.6) is 0 Å². The summed E-state index contributed by atoms with van der Waals surface area (Å²) in [5.74, 6) is 0.593. The Morgan fingerprint density at radius 1 is 1.19 bits per heavy atom. The van der Waals surface area contributed by atoms with Crippen LogP contribution in [-0.2, 0) is 12.8 Å². The fourth-order valence-corrected chi connectivity index (χ4v) is 2.84. The molecule has 0 spiro atoms. The second-order valence-electron chi connectivity index (χ2n) is 5.22. The van der Waals surface area contributed by atoms with Gasteiger partial charge in [-0.3, -0.25) is 0 Å². The molecule has 4 nitrogen and oxygen atoms in total. The minimum atomic E-state index is -0.236. The zero-order valence-electron chi connectivity index (χ0n) is 11.9. The molecule has 3 rings (SSSR count). The topological polar surface area (TPSA) is 55.0 Å². The smallest absolute Gasteiger partial charge is 0.146 e. The molecule has 0 saturated heterocycles. The summed E-state index contributed by atoms with van der Waals surface area (Å²) in [6.07, 6.45) is 5.39. The average molecular weight is 286 g/mol. The van der Waals surface area contributed by atoms with Gasteiger partial charge in [-0.05, 0) is 44.4 Å². The van der Waals surface area contributed by atoms with Crippen LogP contribution >= 0.6 is 0 Å². The molecule has 0 radical (unpaired) electrons. The first-order valence-electron chi connectivity index (χ1n) is 7.36. The Morgan fingerprint density at radius 3 is 2.86 bits per heavy atom. The number of nitrogens with zero attached hydrogens (tertiary/aromatic N) is 3. The molecule has 1 heterocycles. The minimum Gasteiger partial charge on any atom is -0.330 e. The van der Waals surface area contributed by atoms with Crippen LogP contribution in [0.15, 0.2) is 30.6 Å². The highest BCUT2D eigenvalue weighted by atomic mass is 19.1. The van der Waals surface area contributed by atoms with Crippen LogP contribution < -0.4 is 10.6 Å². The lowest BCUT2D eigenvalue weighted by Gasteiger charge is -2.26. The molecule has 0 atom stereocenters. The number of rotatable bonds is 5. The van der Waals surface area contributed by atoms with Crippen molar-refractivity contribution in [3.63, 3.8) is 0 Å². The Kier molecular flexibility index (Phi) is 4.10. The Morgan fingerprint density at radius 2 is 2.05 bits per heavy atom. The van der Waals surface area contributed by atoms with Crippen molar-refractivity contribution in [2.75, 3.05) is 18.0 Å². The predicted molar refractivity (Wildman–Crippen MR) is 81.1 cm³/mol. The van der Waals surface area contributed by atoms with E-state index < -0.39 is 0 Å². The van der Waals surface area contributed by atoms with Crippen LogP contribution in [0.2, 0.25) is 0 Å². The van der Waals surface area contributed by atoms with Gasteiger partial charge in [-0.1, -0.05) is 12.1 Å². The summed E-state index contributed by atoms with van der Waals surface area (Å²) < 4.78 is 14.2. The van der Waals surface area contributed by atoms with Crippen LogP contribution in [0.3, 0.4) is 0 Å². The van der Waals surface area contributed by atoms with Crippen molar-refractivity contribution in [2.45, 2.75) is 25.7 Å². The van der Waals surface area contributed by atoms with Crippen molar-refractivity contribution in [1.82, 2.24) is 9.97 Å². The fourth-order valence-electron chi connectivity index (χ4n) is 2.84. The molecule has 1 aliphatic carbocycles. The van der Waals surface area contributed by atoms with Crippen LogP contribution in [0.4, 0.5) is 15.9 Å². The number of benzene rings is 1. The van der Waals surface area contributed by atoms with Crippen LogP contribution in [0, 0.1) is 5.82 Å². The summed E-state index contributed by atoms with van der Waals surface area (Å²) in [4.78, 5) is 10.7. The van der Waals surface area contributed by atoms with Gasteiger partial charge < -0.3 is 10.6 Å². The lowest BCUT2D eigenvalue weighted by atomic mass is 10.2. The number of halogens is 1. The molecule has 0 fully saturated rings. The molecular weight excluding hydrogens is 267 g/mol. The van der Waals surface area contributed by atoms with E-state index in [1.54, 1.807) is 18.5 Å². The Hall–Kier alpha value is -2.01. The molecule has 1 aromatic carbocycles. The first-order chi connectivity index (χ1) is 10.3. The molecular formula is C16H19FN4. The molecule has 5 heteroatoms. The second kappa shape index (κ2) is 6.18. The SMILES string of the molecule is NCCCN(c1ccccc1F)c1ncnc2c1CCC2. The number of hydrogen-bond donors (Lipinski definition) is 1. The van der Waals surface area contributed by atoms with Gasteiger partial charge in [-0.15, -0.1) is 0 Å². The molecule has 1 aliphatic rings. The van der Waals surface area contributed by atoms with Gasteiger partial charge in [0.05, 0.1) is 5.69 Å². The second-order valence-corrected chi connectivity index (χ2v) is 5.22. The van der Waals surface area contributed by atoms with E-state index in [-0.39, 0.29) is 5.82 Å². The summed E-state index contributed by atoms with van der Waals surface area (Å²) in [5, 5.41) is 0. The fraction of sp³-hybridized carbons (Fsp3) is 0.375. The van der Waals surface area contributed by atoms with Crippen molar-refractivity contribution in [3.8, 4) is 0 Å². The van der Waals surface area contributed by atoms with Gasteiger partial charge in [0.15, 0.2) is 0 Å². The molecule has 1 aromatic heterocycles. The first-order valence-corrected chi connectivity index (χ1v) is 7.36. The van der Waals surface area contributed by atoms with E-state index in [1.807, 2.05) is 11.0 Å². The lowest BCUT2D eigenvalue weighted by Crippen LogP contribution is -2.24. The Labute approximate surface area is 123 Å². The minimum absolute atomic E-state index is 0.236. The van der Waals surface area contributed by atoms with Crippen molar-refractivity contribution in [2.24, 2.45) is 5.73 Å².